The van der Waals surface area contributed by atoms with E-state index in [4.69, 9.17) is 5.26 Å². The van der Waals surface area contributed by atoms with E-state index in [-0.39, 0.29) is 5.56 Å². The highest BCUT2D eigenvalue weighted by Gasteiger charge is 2.09. The third kappa shape index (κ3) is 1.78. The van der Waals surface area contributed by atoms with E-state index < -0.39 is 11.6 Å². The first-order valence-electron chi connectivity index (χ1n) is 4.67. The summed E-state index contributed by atoms with van der Waals surface area (Å²) >= 11 is 0. The van der Waals surface area contributed by atoms with Crippen LogP contribution in [-0.4, -0.2) is 0 Å². The maximum Gasteiger partial charge on any atom is 0.166 e. The lowest BCUT2D eigenvalue weighted by Gasteiger charge is -2.04. The van der Waals surface area contributed by atoms with Gasteiger partial charge >= 0.3 is 0 Å². The lowest BCUT2D eigenvalue weighted by Crippen LogP contribution is -1.89. The van der Waals surface area contributed by atoms with Crippen LogP contribution in [0.25, 0.3) is 11.1 Å². The highest BCUT2D eigenvalue weighted by molar-refractivity contribution is 5.65. The fourth-order valence-corrected chi connectivity index (χ4v) is 1.48. The van der Waals surface area contributed by atoms with Gasteiger partial charge in [-0.1, -0.05) is 24.3 Å². The van der Waals surface area contributed by atoms with E-state index in [0.29, 0.717) is 11.1 Å². The predicted octanol–water partition coefficient (Wildman–Crippen LogP) is 3.50. The van der Waals surface area contributed by atoms with Crippen molar-refractivity contribution in [3.05, 3.63) is 59.7 Å². The Labute approximate surface area is 91.6 Å². The molecule has 0 N–H and O–H groups in total. The van der Waals surface area contributed by atoms with E-state index in [9.17, 15) is 8.78 Å². The largest absolute Gasteiger partial charge is 0.204 e. The molecule has 0 amide bonds. The first kappa shape index (κ1) is 10.3. The molecule has 0 heterocycles. The molecule has 2 rings (SSSR count). The molecule has 0 fully saturated rings. The molecular formula is C13H7F2N. The summed E-state index contributed by atoms with van der Waals surface area (Å²) in [6.07, 6.45) is 0. The molecule has 0 aliphatic carbocycles. The van der Waals surface area contributed by atoms with Crippen LogP contribution in [0.1, 0.15) is 5.56 Å². The van der Waals surface area contributed by atoms with Gasteiger partial charge in [0.25, 0.3) is 0 Å². The number of hydrogen-bond donors (Lipinski definition) is 0. The van der Waals surface area contributed by atoms with Crippen LogP contribution in [-0.2, 0) is 0 Å². The number of benzene rings is 2. The van der Waals surface area contributed by atoms with E-state index in [1.54, 1.807) is 18.2 Å². The van der Waals surface area contributed by atoms with Crippen LogP contribution >= 0.6 is 0 Å². The summed E-state index contributed by atoms with van der Waals surface area (Å²) < 4.78 is 26.5. The molecule has 16 heavy (non-hydrogen) atoms. The van der Waals surface area contributed by atoms with E-state index in [1.807, 2.05) is 6.07 Å². The van der Waals surface area contributed by atoms with Gasteiger partial charge in [0.1, 0.15) is 0 Å². The van der Waals surface area contributed by atoms with Gasteiger partial charge < -0.3 is 0 Å². The van der Waals surface area contributed by atoms with Crippen molar-refractivity contribution in [1.82, 2.24) is 0 Å². The Morgan fingerprint density at radius 3 is 2.50 bits per heavy atom. The highest BCUT2D eigenvalue weighted by Crippen LogP contribution is 2.24. The van der Waals surface area contributed by atoms with Gasteiger partial charge in [-0.25, -0.2) is 8.78 Å². The van der Waals surface area contributed by atoms with Crippen LogP contribution in [0.15, 0.2) is 42.5 Å². The Bertz CT molecular complexity index is 570. The monoisotopic (exact) mass is 215 g/mol. The predicted molar refractivity (Wildman–Crippen MR) is 56.5 cm³/mol. The standard InChI is InChI=1S/C13H7F2N/c14-12-6-2-5-11(13(12)15)10-4-1-3-9(7-10)8-16/h1-7H. The zero-order valence-electron chi connectivity index (χ0n) is 8.24. The van der Waals surface area contributed by atoms with E-state index in [0.717, 1.165) is 6.07 Å². The van der Waals surface area contributed by atoms with Crippen molar-refractivity contribution in [2.75, 3.05) is 0 Å². The second-order valence-corrected chi connectivity index (χ2v) is 3.29. The number of hydrogen-bond acceptors (Lipinski definition) is 1. The smallest absolute Gasteiger partial charge is 0.166 e. The quantitative estimate of drug-likeness (QED) is 0.714. The Balaban J connectivity index is 2.59. The van der Waals surface area contributed by atoms with Gasteiger partial charge in [0.15, 0.2) is 11.6 Å². The van der Waals surface area contributed by atoms with Gasteiger partial charge in [-0.3, -0.25) is 0 Å². The number of nitriles is 1. The first-order chi connectivity index (χ1) is 7.72. The third-order valence-electron chi connectivity index (χ3n) is 2.25. The van der Waals surface area contributed by atoms with Gasteiger partial charge in [-0.2, -0.15) is 5.26 Å². The molecule has 0 radical (unpaired) electrons. The van der Waals surface area contributed by atoms with Crippen molar-refractivity contribution in [2.24, 2.45) is 0 Å². The highest BCUT2D eigenvalue weighted by atomic mass is 19.2. The summed E-state index contributed by atoms with van der Waals surface area (Å²) in [7, 11) is 0. The van der Waals surface area contributed by atoms with Crippen molar-refractivity contribution in [3.63, 3.8) is 0 Å². The molecule has 0 saturated carbocycles. The minimum atomic E-state index is -0.891. The summed E-state index contributed by atoms with van der Waals surface area (Å²) in [5.41, 5.74) is 1.08. The SMILES string of the molecule is N#Cc1cccc(-c2cccc(F)c2F)c1. The maximum atomic E-state index is 13.5. The molecular weight excluding hydrogens is 208 g/mol. The molecule has 1 nitrogen and oxygen atoms in total. The Morgan fingerprint density at radius 2 is 1.75 bits per heavy atom. The zero-order chi connectivity index (χ0) is 11.5. The molecule has 2 aromatic carbocycles. The second kappa shape index (κ2) is 4.11. The fourth-order valence-electron chi connectivity index (χ4n) is 1.48. The number of rotatable bonds is 1. The van der Waals surface area contributed by atoms with Crippen LogP contribution in [0, 0.1) is 23.0 Å². The zero-order valence-corrected chi connectivity index (χ0v) is 8.24. The summed E-state index contributed by atoms with van der Waals surface area (Å²) in [5.74, 6) is -1.78. The van der Waals surface area contributed by atoms with Gasteiger partial charge in [-0.15, -0.1) is 0 Å². The topological polar surface area (TPSA) is 23.8 Å². The van der Waals surface area contributed by atoms with Gasteiger partial charge in [0, 0.05) is 5.56 Å². The molecule has 0 unspecified atom stereocenters. The fraction of sp³-hybridized carbons (Fsp3) is 0. The van der Waals surface area contributed by atoms with Gasteiger partial charge in [0.2, 0.25) is 0 Å². The van der Waals surface area contributed by atoms with E-state index >= 15 is 0 Å². The Kier molecular flexibility index (Phi) is 2.65. The average Bonchev–Trinajstić information content (AvgIpc) is 2.33. The summed E-state index contributed by atoms with van der Waals surface area (Å²) in [4.78, 5) is 0. The van der Waals surface area contributed by atoms with E-state index in [2.05, 4.69) is 0 Å². The Morgan fingerprint density at radius 1 is 1.00 bits per heavy atom. The van der Waals surface area contributed by atoms with Gasteiger partial charge in [-0.05, 0) is 23.8 Å². The summed E-state index contributed by atoms with van der Waals surface area (Å²) in [6, 6.07) is 12.3. The van der Waals surface area contributed by atoms with Crippen molar-refractivity contribution in [2.45, 2.75) is 0 Å². The number of halogens is 2. The summed E-state index contributed by atoms with van der Waals surface area (Å²) in [5, 5.41) is 8.72. The van der Waals surface area contributed by atoms with Crippen LogP contribution in [0.3, 0.4) is 0 Å². The maximum absolute atomic E-state index is 13.5. The van der Waals surface area contributed by atoms with Crippen LogP contribution in [0.5, 0.6) is 0 Å². The normalized spacial score (nSPS) is 9.81. The third-order valence-corrected chi connectivity index (χ3v) is 2.25. The molecule has 0 bridgehead atoms. The molecule has 0 aliphatic rings. The molecule has 0 atom stereocenters. The van der Waals surface area contributed by atoms with E-state index in [1.165, 1.54) is 18.2 Å². The van der Waals surface area contributed by atoms with Crippen LogP contribution < -0.4 is 0 Å². The lowest BCUT2D eigenvalue weighted by atomic mass is 10.0. The van der Waals surface area contributed by atoms with Gasteiger partial charge in [0.05, 0.1) is 11.6 Å². The number of nitrogens with zero attached hydrogens (tertiary/aromatic N) is 1. The van der Waals surface area contributed by atoms with Crippen molar-refractivity contribution >= 4 is 0 Å². The average molecular weight is 215 g/mol. The molecule has 3 heteroatoms. The lowest BCUT2D eigenvalue weighted by molar-refractivity contribution is 0.511. The van der Waals surface area contributed by atoms with Crippen molar-refractivity contribution in [3.8, 4) is 17.2 Å². The molecule has 0 aliphatic heterocycles. The Hall–Kier alpha value is -2.21. The summed E-state index contributed by atoms with van der Waals surface area (Å²) in [6.45, 7) is 0. The molecule has 78 valence electrons. The van der Waals surface area contributed by atoms with Crippen LogP contribution in [0.2, 0.25) is 0 Å². The second-order valence-electron chi connectivity index (χ2n) is 3.29. The minimum Gasteiger partial charge on any atom is -0.204 e. The molecule has 0 spiro atoms. The first-order valence-corrected chi connectivity index (χ1v) is 4.67. The molecule has 0 aromatic heterocycles. The minimum absolute atomic E-state index is 0.164. The van der Waals surface area contributed by atoms with Crippen molar-refractivity contribution < 1.29 is 8.78 Å². The molecule has 0 saturated heterocycles. The molecule has 2 aromatic rings. The van der Waals surface area contributed by atoms with Crippen LogP contribution in [0.4, 0.5) is 8.78 Å². The van der Waals surface area contributed by atoms with Crippen molar-refractivity contribution in [1.29, 1.82) is 5.26 Å².